The third-order valence-electron chi connectivity index (χ3n) is 6.39. The Morgan fingerprint density at radius 1 is 0.950 bits per heavy atom. The van der Waals surface area contributed by atoms with Gasteiger partial charge in [-0.05, 0) is 49.1 Å². The van der Waals surface area contributed by atoms with Crippen molar-refractivity contribution in [2.24, 2.45) is 5.92 Å². The fraction of sp³-hybridized carbons (Fsp3) is 0.310. The highest BCUT2D eigenvalue weighted by Gasteiger charge is 2.33. The van der Waals surface area contributed by atoms with Crippen molar-refractivity contribution in [2.45, 2.75) is 45.2 Å². The van der Waals surface area contributed by atoms with Crippen LogP contribution in [0.15, 0.2) is 83.8 Å². The molecule has 10 nitrogen and oxygen atoms in total. The number of aryl methyl sites for hydroxylation is 1. The molecule has 3 aromatic carbocycles. The van der Waals surface area contributed by atoms with Gasteiger partial charge in [-0.2, -0.15) is 0 Å². The van der Waals surface area contributed by atoms with Crippen molar-refractivity contribution in [1.82, 2.24) is 10.2 Å². The predicted molar refractivity (Wildman–Crippen MR) is 153 cm³/mol. The fourth-order valence-electron chi connectivity index (χ4n) is 4.02. The largest absolute Gasteiger partial charge is 0.354 e. The minimum absolute atomic E-state index is 0.0424. The molecule has 0 bridgehead atoms. The number of nitrogens with one attached hydrogen (secondary N) is 1. The maximum atomic E-state index is 13.9. The first-order valence-electron chi connectivity index (χ1n) is 12.9. The van der Waals surface area contributed by atoms with E-state index in [0.29, 0.717) is 6.54 Å². The molecule has 0 radical (unpaired) electrons. The number of nitrogens with zero attached hydrogens (tertiary/aromatic N) is 3. The van der Waals surface area contributed by atoms with E-state index in [1.54, 1.807) is 25.1 Å². The molecule has 40 heavy (non-hydrogen) atoms. The highest BCUT2D eigenvalue weighted by atomic mass is 32.2. The minimum atomic E-state index is -4.31. The molecule has 3 rings (SSSR count). The Hall–Kier alpha value is -4.25. The van der Waals surface area contributed by atoms with Crippen LogP contribution in [0, 0.1) is 23.0 Å². The molecule has 0 saturated heterocycles. The Labute approximate surface area is 234 Å². The van der Waals surface area contributed by atoms with Crippen molar-refractivity contribution < 1.29 is 22.9 Å². The quantitative estimate of drug-likeness (QED) is 0.257. The second kappa shape index (κ2) is 13.2. The van der Waals surface area contributed by atoms with Gasteiger partial charge in [0.2, 0.25) is 11.8 Å². The summed E-state index contributed by atoms with van der Waals surface area (Å²) in [5, 5.41) is 14.3. The lowest BCUT2D eigenvalue weighted by atomic mass is 10.1. The van der Waals surface area contributed by atoms with Crippen molar-refractivity contribution in [3.05, 3.63) is 100 Å². The number of non-ortho nitro benzene ring substituents is 1. The summed E-state index contributed by atoms with van der Waals surface area (Å²) < 4.78 is 28.4. The minimum Gasteiger partial charge on any atom is -0.354 e. The number of nitro groups is 1. The van der Waals surface area contributed by atoms with E-state index in [0.717, 1.165) is 21.5 Å². The van der Waals surface area contributed by atoms with Gasteiger partial charge >= 0.3 is 0 Å². The number of rotatable bonds is 12. The summed E-state index contributed by atoms with van der Waals surface area (Å²) in [4.78, 5) is 39.1. The average Bonchev–Trinajstić information content (AvgIpc) is 2.94. The first kappa shape index (κ1) is 30.3. The normalized spacial score (nSPS) is 12.0. The number of benzene rings is 3. The van der Waals surface area contributed by atoms with Crippen LogP contribution in [-0.2, 0) is 26.2 Å². The van der Waals surface area contributed by atoms with Crippen molar-refractivity contribution in [2.75, 3.05) is 17.4 Å². The van der Waals surface area contributed by atoms with Crippen LogP contribution in [0.4, 0.5) is 11.4 Å². The summed E-state index contributed by atoms with van der Waals surface area (Å²) in [6.45, 7) is 7.19. The summed E-state index contributed by atoms with van der Waals surface area (Å²) >= 11 is 0. The summed E-state index contributed by atoms with van der Waals surface area (Å²) in [6.07, 6.45) is 0. The van der Waals surface area contributed by atoms with Crippen LogP contribution in [0.3, 0.4) is 0 Å². The first-order chi connectivity index (χ1) is 18.9. The molecular weight excluding hydrogens is 532 g/mol. The molecule has 1 atom stereocenters. The van der Waals surface area contributed by atoms with Crippen molar-refractivity contribution >= 4 is 33.2 Å². The van der Waals surface area contributed by atoms with E-state index in [-0.39, 0.29) is 34.6 Å². The van der Waals surface area contributed by atoms with Crippen LogP contribution in [0.5, 0.6) is 0 Å². The molecule has 0 aromatic heterocycles. The van der Waals surface area contributed by atoms with Gasteiger partial charge in [0.05, 0.1) is 15.5 Å². The maximum absolute atomic E-state index is 13.9. The summed E-state index contributed by atoms with van der Waals surface area (Å²) in [5.74, 6) is -0.818. The van der Waals surface area contributed by atoms with Gasteiger partial charge in [0.15, 0.2) is 0 Å². The molecule has 11 heteroatoms. The molecule has 0 spiro atoms. The Balaban J connectivity index is 2.05. The predicted octanol–water partition coefficient (Wildman–Crippen LogP) is 4.29. The molecule has 0 aliphatic heterocycles. The number of hydrogen-bond donors (Lipinski definition) is 1. The third kappa shape index (κ3) is 7.44. The zero-order valence-corrected chi connectivity index (χ0v) is 23.8. The standard InChI is InChI=1S/C29H34N4O6S/c1-21(2)18-30-29(35)23(4)31(19-24-12-9-8-11-22(24)3)28(34)20-32(25-13-10-14-26(17-25)33(36)37)40(38,39)27-15-6-5-7-16-27/h5-17,21,23H,18-20H2,1-4H3,(H,30,35)/t23-/m1/s1. The van der Waals surface area contributed by atoms with Crippen LogP contribution in [0.2, 0.25) is 0 Å². The van der Waals surface area contributed by atoms with Gasteiger partial charge in [0.1, 0.15) is 12.6 Å². The third-order valence-corrected chi connectivity index (χ3v) is 8.18. The van der Waals surface area contributed by atoms with Crippen molar-refractivity contribution in [3.63, 3.8) is 0 Å². The van der Waals surface area contributed by atoms with E-state index in [2.05, 4.69) is 5.32 Å². The van der Waals surface area contributed by atoms with Crippen LogP contribution in [-0.4, -0.2) is 49.2 Å². The van der Waals surface area contributed by atoms with E-state index in [4.69, 9.17) is 0 Å². The summed E-state index contributed by atoms with van der Waals surface area (Å²) in [7, 11) is -4.31. The molecule has 0 fully saturated rings. The van der Waals surface area contributed by atoms with Gasteiger partial charge in [-0.1, -0.05) is 62.4 Å². The molecule has 0 aliphatic rings. The second-order valence-electron chi connectivity index (χ2n) is 9.86. The van der Waals surface area contributed by atoms with E-state index >= 15 is 0 Å². The number of nitro benzene ring substituents is 1. The molecule has 2 amide bonds. The molecular formula is C29H34N4O6S. The zero-order chi connectivity index (χ0) is 29.4. The summed E-state index contributed by atoms with van der Waals surface area (Å²) in [6, 6.07) is 19.1. The molecule has 212 valence electrons. The monoisotopic (exact) mass is 566 g/mol. The van der Waals surface area contributed by atoms with Crippen LogP contribution >= 0.6 is 0 Å². The SMILES string of the molecule is Cc1ccccc1CN(C(=O)CN(c1cccc([N+](=O)[O-])c1)S(=O)(=O)c1ccccc1)[C@H](C)C(=O)NCC(C)C. The van der Waals surface area contributed by atoms with Gasteiger partial charge in [0, 0.05) is 25.2 Å². The smallest absolute Gasteiger partial charge is 0.271 e. The Kier molecular flexibility index (Phi) is 10.0. The molecule has 0 unspecified atom stereocenters. The van der Waals surface area contributed by atoms with E-state index < -0.39 is 33.4 Å². The zero-order valence-electron chi connectivity index (χ0n) is 23.0. The lowest BCUT2D eigenvalue weighted by Gasteiger charge is -2.32. The van der Waals surface area contributed by atoms with Gasteiger partial charge in [-0.15, -0.1) is 0 Å². The van der Waals surface area contributed by atoms with Crippen molar-refractivity contribution in [3.8, 4) is 0 Å². The average molecular weight is 567 g/mol. The van der Waals surface area contributed by atoms with E-state index in [1.165, 1.54) is 35.2 Å². The Morgan fingerprint density at radius 3 is 2.23 bits per heavy atom. The topological polar surface area (TPSA) is 130 Å². The second-order valence-corrected chi connectivity index (χ2v) is 11.7. The number of carbonyl (C=O) groups is 2. The van der Waals surface area contributed by atoms with Crippen LogP contribution in [0.25, 0.3) is 0 Å². The number of hydrogen-bond acceptors (Lipinski definition) is 6. The lowest BCUT2D eigenvalue weighted by Crippen LogP contribution is -2.51. The van der Waals surface area contributed by atoms with Gasteiger partial charge in [-0.3, -0.25) is 24.0 Å². The van der Waals surface area contributed by atoms with Crippen LogP contribution in [0.1, 0.15) is 31.9 Å². The highest BCUT2D eigenvalue weighted by molar-refractivity contribution is 7.92. The van der Waals surface area contributed by atoms with Gasteiger partial charge in [0.25, 0.3) is 15.7 Å². The number of carbonyl (C=O) groups excluding carboxylic acids is 2. The van der Waals surface area contributed by atoms with Gasteiger partial charge < -0.3 is 10.2 Å². The lowest BCUT2D eigenvalue weighted by molar-refractivity contribution is -0.384. The molecule has 0 heterocycles. The molecule has 0 aliphatic carbocycles. The Morgan fingerprint density at radius 2 is 1.60 bits per heavy atom. The van der Waals surface area contributed by atoms with E-state index in [1.807, 2.05) is 45.0 Å². The Bertz CT molecular complexity index is 1460. The first-order valence-corrected chi connectivity index (χ1v) is 14.3. The summed E-state index contributed by atoms with van der Waals surface area (Å²) in [5.41, 5.74) is 1.34. The van der Waals surface area contributed by atoms with E-state index in [9.17, 15) is 28.1 Å². The molecule has 1 N–H and O–H groups in total. The number of anilines is 1. The fourth-order valence-corrected chi connectivity index (χ4v) is 5.44. The number of sulfonamides is 1. The number of amides is 2. The highest BCUT2D eigenvalue weighted by Crippen LogP contribution is 2.27. The van der Waals surface area contributed by atoms with Gasteiger partial charge in [-0.25, -0.2) is 8.42 Å². The van der Waals surface area contributed by atoms with Crippen LogP contribution < -0.4 is 9.62 Å². The maximum Gasteiger partial charge on any atom is 0.271 e. The molecule has 0 saturated carbocycles. The molecule has 3 aromatic rings. The van der Waals surface area contributed by atoms with Crippen molar-refractivity contribution in [1.29, 1.82) is 0 Å².